The third-order valence-electron chi connectivity index (χ3n) is 5.09. The van der Waals surface area contributed by atoms with E-state index >= 15 is 0 Å². The second kappa shape index (κ2) is 6.18. The second-order valence-electron chi connectivity index (χ2n) is 6.86. The molecule has 1 aliphatic heterocycles. The summed E-state index contributed by atoms with van der Waals surface area (Å²) in [6.45, 7) is 6.36. The highest BCUT2D eigenvalue weighted by atomic mass is 16.1. The summed E-state index contributed by atoms with van der Waals surface area (Å²) < 4.78 is 0. The third kappa shape index (κ3) is 3.13. The van der Waals surface area contributed by atoms with Gasteiger partial charge in [-0.3, -0.25) is 4.79 Å². The fourth-order valence-corrected chi connectivity index (χ4v) is 3.82. The molecule has 2 unspecified atom stereocenters. The molecule has 114 valence electrons. The molecule has 1 aliphatic carbocycles. The number of carbonyl (C=O) groups excluding carboxylic acids is 1. The van der Waals surface area contributed by atoms with Gasteiger partial charge in [0.15, 0.2) is 0 Å². The van der Waals surface area contributed by atoms with Gasteiger partial charge in [-0.05, 0) is 47.9 Å². The zero-order valence-corrected chi connectivity index (χ0v) is 13.1. The molecule has 2 atom stereocenters. The van der Waals surface area contributed by atoms with Gasteiger partial charge >= 0.3 is 0 Å². The van der Waals surface area contributed by atoms with E-state index in [1.807, 2.05) is 6.07 Å². The average Bonchev–Trinajstić information content (AvgIpc) is 2.94. The molecule has 0 radical (unpaired) electrons. The molecule has 0 spiro atoms. The zero-order chi connectivity index (χ0) is 14.8. The Morgan fingerprint density at radius 3 is 2.76 bits per heavy atom. The van der Waals surface area contributed by atoms with Gasteiger partial charge in [0.25, 0.3) is 5.91 Å². The van der Waals surface area contributed by atoms with Crippen LogP contribution in [0.5, 0.6) is 0 Å². The van der Waals surface area contributed by atoms with Crippen LogP contribution in [0.15, 0.2) is 18.2 Å². The molecule has 1 saturated carbocycles. The minimum Gasteiger partial charge on any atom is -0.349 e. The van der Waals surface area contributed by atoms with Crippen molar-refractivity contribution in [3.8, 4) is 0 Å². The van der Waals surface area contributed by atoms with Crippen molar-refractivity contribution in [3.63, 3.8) is 0 Å². The van der Waals surface area contributed by atoms with Gasteiger partial charge in [0.05, 0.1) is 0 Å². The predicted octanol–water partition coefficient (Wildman–Crippen LogP) is 3.23. The summed E-state index contributed by atoms with van der Waals surface area (Å²) in [7, 11) is 0. The second-order valence-corrected chi connectivity index (χ2v) is 6.86. The van der Waals surface area contributed by atoms with E-state index in [9.17, 15) is 4.79 Å². The van der Waals surface area contributed by atoms with Crippen LogP contribution < -0.4 is 10.6 Å². The third-order valence-corrected chi connectivity index (χ3v) is 5.09. The maximum absolute atomic E-state index is 12.5. The van der Waals surface area contributed by atoms with Gasteiger partial charge in [-0.25, -0.2) is 0 Å². The van der Waals surface area contributed by atoms with Crippen molar-refractivity contribution in [2.75, 3.05) is 0 Å². The number of nitrogens with one attached hydrogen (secondary N) is 2. The molecule has 1 amide bonds. The largest absolute Gasteiger partial charge is 0.349 e. The van der Waals surface area contributed by atoms with E-state index < -0.39 is 0 Å². The first-order chi connectivity index (χ1) is 10.1. The number of amides is 1. The van der Waals surface area contributed by atoms with Crippen LogP contribution in [0.3, 0.4) is 0 Å². The standard InChI is InChI=1S/C18H26N2O/c1-12(2)16-5-3-4-6-17(16)20-18(21)13-7-8-14-10-19-11-15(14)9-13/h7-9,12,16-17,19H,3-6,10-11H2,1-2H3,(H,20,21). The van der Waals surface area contributed by atoms with Gasteiger partial charge in [-0.2, -0.15) is 0 Å². The number of carbonyl (C=O) groups is 1. The lowest BCUT2D eigenvalue weighted by Gasteiger charge is -2.35. The Balaban J connectivity index is 1.70. The van der Waals surface area contributed by atoms with E-state index in [0.717, 1.165) is 25.1 Å². The lowest BCUT2D eigenvalue weighted by Crippen LogP contribution is -2.43. The summed E-state index contributed by atoms with van der Waals surface area (Å²) in [6.07, 6.45) is 4.92. The molecule has 2 N–H and O–H groups in total. The Kier molecular flexibility index (Phi) is 4.29. The van der Waals surface area contributed by atoms with Crippen LogP contribution in [-0.2, 0) is 13.1 Å². The van der Waals surface area contributed by atoms with Crippen LogP contribution in [0.1, 0.15) is 61.0 Å². The quantitative estimate of drug-likeness (QED) is 0.895. The van der Waals surface area contributed by atoms with Crippen LogP contribution in [0, 0.1) is 11.8 Å². The first-order valence-corrected chi connectivity index (χ1v) is 8.28. The fourth-order valence-electron chi connectivity index (χ4n) is 3.82. The van der Waals surface area contributed by atoms with Crippen molar-refractivity contribution < 1.29 is 4.79 Å². The molecule has 0 bridgehead atoms. The van der Waals surface area contributed by atoms with Crippen molar-refractivity contribution in [2.45, 2.75) is 58.7 Å². The van der Waals surface area contributed by atoms with E-state index in [4.69, 9.17) is 0 Å². The molecular formula is C18H26N2O. The molecule has 3 heteroatoms. The molecule has 21 heavy (non-hydrogen) atoms. The van der Waals surface area contributed by atoms with E-state index in [1.54, 1.807) is 0 Å². The van der Waals surface area contributed by atoms with Crippen molar-refractivity contribution in [2.24, 2.45) is 11.8 Å². The molecule has 3 rings (SSSR count). The van der Waals surface area contributed by atoms with Crippen molar-refractivity contribution in [3.05, 3.63) is 34.9 Å². The van der Waals surface area contributed by atoms with Crippen LogP contribution in [0.25, 0.3) is 0 Å². The highest BCUT2D eigenvalue weighted by Crippen LogP contribution is 2.30. The first kappa shape index (κ1) is 14.6. The van der Waals surface area contributed by atoms with E-state index in [0.29, 0.717) is 17.9 Å². The number of benzene rings is 1. The normalized spacial score (nSPS) is 24.9. The van der Waals surface area contributed by atoms with E-state index in [-0.39, 0.29) is 5.91 Å². The van der Waals surface area contributed by atoms with Gasteiger partial charge in [0, 0.05) is 24.7 Å². The molecule has 2 aliphatic rings. The van der Waals surface area contributed by atoms with E-state index in [2.05, 4.69) is 36.6 Å². The van der Waals surface area contributed by atoms with Gasteiger partial charge in [-0.15, -0.1) is 0 Å². The van der Waals surface area contributed by atoms with Crippen LogP contribution in [-0.4, -0.2) is 11.9 Å². The fraction of sp³-hybridized carbons (Fsp3) is 0.611. The summed E-state index contributed by atoms with van der Waals surface area (Å²) in [4.78, 5) is 12.5. The summed E-state index contributed by atoms with van der Waals surface area (Å²) in [5.74, 6) is 1.36. The summed E-state index contributed by atoms with van der Waals surface area (Å²) in [6, 6.07) is 6.45. The summed E-state index contributed by atoms with van der Waals surface area (Å²) in [5, 5.41) is 6.62. The number of rotatable bonds is 3. The van der Waals surface area contributed by atoms with Gasteiger partial charge < -0.3 is 10.6 Å². The Morgan fingerprint density at radius 1 is 1.19 bits per heavy atom. The molecular weight excluding hydrogens is 260 g/mol. The SMILES string of the molecule is CC(C)C1CCCCC1NC(=O)c1ccc2c(c1)CNC2. The lowest BCUT2D eigenvalue weighted by molar-refractivity contribution is 0.0889. The predicted molar refractivity (Wildman–Crippen MR) is 85.0 cm³/mol. The number of hydrogen-bond acceptors (Lipinski definition) is 2. The van der Waals surface area contributed by atoms with E-state index in [1.165, 1.54) is 30.4 Å². The molecule has 1 fully saturated rings. The van der Waals surface area contributed by atoms with Crippen molar-refractivity contribution in [1.29, 1.82) is 0 Å². The first-order valence-electron chi connectivity index (χ1n) is 8.28. The van der Waals surface area contributed by atoms with Crippen molar-refractivity contribution >= 4 is 5.91 Å². The Hall–Kier alpha value is -1.35. The van der Waals surface area contributed by atoms with Gasteiger partial charge in [0.2, 0.25) is 0 Å². The zero-order valence-electron chi connectivity index (χ0n) is 13.1. The molecule has 0 saturated heterocycles. The monoisotopic (exact) mass is 286 g/mol. The topological polar surface area (TPSA) is 41.1 Å². The van der Waals surface area contributed by atoms with Crippen LogP contribution in [0.2, 0.25) is 0 Å². The molecule has 3 nitrogen and oxygen atoms in total. The minimum atomic E-state index is 0.0993. The smallest absolute Gasteiger partial charge is 0.251 e. The lowest BCUT2D eigenvalue weighted by atomic mass is 9.78. The summed E-state index contributed by atoms with van der Waals surface area (Å²) >= 11 is 0. The Morgan fingerprint density at radius 2 is 1.95 bits per heavy atom. The Bertz CT molecular complexity index is 524. The highest BCUT2D eigenvalue weighted by molar-refractivity contribution is 5.94. The number of hydrogen-bond donors (Lipinski definition) is 2. The Labute approximate surface area is 127 Å². The summed E-state index contributed by atoms with van der Waals surface area (Å²) in [5.41, 5.74) is 3.40. The molecule has 1 aromatic carbocycles. The van der Waals surface area contributed by atoms with Crippen LogP contribution in [0.4, 0.5) is 0 Å². The molecule has 1 heterocycles. The highest BCUT2D eigenvalue weighted by Gasteiger charge is 2.29. The van der Waals surface area contributed by atoms with Gasteiger partial charge in [-0.1, -0.05) is 32.8 Å². The van der Waals surface area contributed by atoms with Crippen molar-refractivity contribution in [1.82, 2.24) is 10.6 Å². The average molecular weight is 286 g/mol. The van der Waals surface area contributed by atoms with Crippen LogP contribution >= 0.6 is 0 Å². The molecule has 1 aromatic rings. The minimum absolute atomic E-state index is 0.0993. The molecule has 0 aromatic heterocycles. The maximum atomic E-state index is 12.5. The van der Waals surface area contributed by atoms with Gasteiger partial charge in [0.1, 0.15) is 0 Å². The number of fused-ring (bicyclic) bond motifs is 1. The maximum Gasteiger partial charge on any atom is 0.251 e.